The van der Waals surface area contributed by atoms with Gasteiger partial charge >= 0.3 is 0 Å². The lowest BCUT2D eigenvalue weighted by Gasteiger charge is -2.25. The van der Waals surface area contributed by atoms with E-state index in [9.17, 15) is 9.18 Å². The van der Waals surface area contributed by atoms with Crippen LogP contribution >= 0.6 is 0 Å². The fraction of sp³-hybridized carbons (Fsp3) is 0.263. The molecule has 25 heavy (non-hydrogen) atoms. The Hall–Kier alpha value is -3.07. The van der Waals surface area contributed by atoms with Crippen molar-refractivity contribution in [3.8, 4) is 17.6 Å². The van der Waals surface area contributed by atoms with Crippen LogP contribution in [-0.2, 0) is 4.79 Å². The summed E-state index contributed by atoms with van der Waals surface area (Å²) in [5, 5.41) is 8.90. The van der Waals surface area contributed by atoms with E-state index in [1.54, 1.807) is 37.4 Å². The number of nitriles is 1. The van der Waals surface area contributed by atoms with E-state index in [0.717, 1.165) is 5.56 Å². The highest BCUT2D eigenvalue weighted by Gasteiger charge is 2.18. The minimum atomic E-state index is -0.318. The zero-order valence-electron chi connectivity index (χ0n) is 14.3. The molecule has 0 radical (unpaired) electrons. The van der Waals surface area contributed by atoms with Gasteiger partial charge < -0.3 is 14.4 Å². The van der Waals surface area contributed by atoms with E-state index in [0.29, 0.717) is 17.1 Å². The third-order valence-electron chi connectivity index (χ3n) is 3.97. The van der Waals surface area contributed by atoms with Crippen LogP contribution in [0.4, 0.5) is 4.39 Å². The second-order valence-corrected chi connectivity index (χ2v) is 5.50. The van der Waals surface area contributed by atoms with E-state index in [-0.39, 0.29) is 24.4 Å². The van der Waals surface area contributed by atoms with Gasteiger partial charge in [-0.25, -0.2) is 4.39 Å². The summed E-state index contributed by atoms with van der Waals surface area (Å²) in [4.78, 5) is 13.9. The number of hydrogen-bond acceptors (Lipinski definition) is 4. The Morgan fingerprint density at radius 1 is 1.24 bits per heavy atom. The van der Waals surface area contributed by atoms with Gasteiger partial charge in [0, 0.05) is 13.1 Å². The van der Waals surface area contributed by atoms with Crippen LogP contribution in [0.1, 0.15) is 24.1 Å². The van der Waals surface area contributed by atoms with Gasteiger partial charge in [0.05, 0.1) is 24.8 Å². The Labute approximate surface area is 146 Å². The van der Waals surface area contributed by atoms with E-state index in [1.165, 1.54) is 24.1 Å². The first-order chi connectivity index (χ1) is 12.0. The molecule has 0 aliphatic heterocycles. The largest absolute Gasteiger partial charge is 0.493 e. The van der Waals surface area contributed by atoms with Crippen LogP contribution in [-0.4, -0.2) is 31.6 Å². The van der Waals surface area contributed by atoms with Crippen molar-refractivity contribution in [2.45, 2.75) is 13.0 Å². The molecule has 0 saturated carbocycles. The Kier molecular flexibility index (Phi) is 5.96. The van der Waals surface area contributed by atoms with Crippen LogP contribution in [0.2, 0.25) is 0 Å². The number of nitrogens with zero attached hydrogens (tertiary/aromatic N) is 2. The summed E-state index contributed by atoms with van der Waals surface area (Å²) >= 11 is 0. The molecule has 0 fully saturated rings. The standard InChI is InChI=1S/C19H19FN2O3/c1-13(15-5-7-16(20)8-6-15)22(2)19(23)12-25-17-9-4-14(11-21)10-18(17)24-3/h4-10,13H,12H2,1-3H3. The highest BCUT2D eigenvalue weighted by molar-refractivity contribution is 5.78. The minimum Gasteiger partial charge on any atom is -0.493 e. The molecule has 0 N–H and O–H groups in total. The van der Waals surface area contributed by atoms with Crippen molar-refractivity contribution in [3.63, 3.8) is 0 Å². The van der Waals surface area contributed by atoms with Crippen LogP contribution in [0.5, 0.6) is 11.5 Å². The summed E-state index contributed by atoms with van der Waals surface area (Å²) in [7, 11) is 3.13. The maximum Gasteiger partial charge on any atom is 0.260 e. The lowest BCUT2D eigenvalue weighted by Crippen LogP contribution is -2.33. The van der Waals surface area contributed by atoms with Gasteiger partial charge in [0.1, 0.15) is 5.82 Å². The molecule has 1 atom stereocenters. The van der Waals surface area contributed by atoms with Gasteiger partial charge in [-0.05, 0) is 36.8 Å². The molecular weight excluding hydrogens is 323 g/mol. The molecule has 6 heteroatoms. The summed E-state index contributed by atoms with van der Waals surface area (Å²) in [6.07, 6.45) is 0. The Bertz CT molecular complexity index is 784. The summed E-state index contributed by atoms with van der Waals surface area (Å²) in [5.41, 5.74) is 1.27. The predicted octanol–water partition coefficient (Wildman–Crippen LogP) is 3.30. The lowest BCUT2D eigenvalue weighted by atomic mass is 10.1. The van der Waals surface area contributed by atoms with Gasteiger partial charge in [0.15, 0.2) is 18.1 Å². The molecule has 0 spiro atoms. The van der Waals surface area contributed by atoms with E-state index in [2.05, 4.69) is 0 Å². The fourth-order valence-electron chi connectivity index (χ4n) is 2.28. The van der Waals surface area contributed by atoms with Crippen molar-refractivity contribution in [1.29, 1.82) is 5.26 Å². The zero-order chi connectivity index (χ0) is 18.4. The molecule has 0 saturated heterocycles. The number of carbonyl (C=O) groups excluding carboxylic acids is 1. The second-order valence-electron chi connectivity index (χ2n) is 5.50. The van der Waals surface area contributed by atoms with Crippen LogP contribution in [0, 0.1) is 17.1 Å². The summed E-state index contributed by atoms with van der Waals surface area (Å²) in [6.45, 7) is 1.68. The number of rotatable bonds is 6. The van der Waals surface area contributed by atoms with E-state index in [1.807, 2.05) is 13.0 Å². The van der Waals surface area contributed by atoms with Crippen molar-refractivity contribution in [2.24, 2.45) is 0 Å². The number of amides is 1. The van der Waals surface area contributed by atoms with Crippen molar-refractivity contribution >= 4 is 5.91 Å². The van der Waals surface area contributed by atoms with Crippen molar-refractivity contribution < 1.29 is 18.7 Å². The molecule has 130 valence electrons. The predicted molar refractivity (Wildman–Crippen MR) is 90.8 cm³/mol. The molecule has 2 aromatic rings. The third kappa shape index (κ3) is 4.48. The molecule has 2 rings (SSSR count). The number of benzene rings is 2. The van der Waals surface area contributed by atoms with E-state index in [4.69, 9.17) is 14.7 Å². The smallest absolute Gasteiger partial charge is 0.260 e. The third-order valence-corrected chi connectivity index (χ3v) is 3.97. The monoisotopic (exact) mass is 342 g/mol. The molecule has 0 heterocycles. The number of halogens is 1. The molecule has 0 bridgehead atoms. The summed E-state index contributed by atoms with van der Waals surface area (Å²) in [5.74, 6) is 0.225. The normalized spacial score (nSPS) is 11.3. The van der Waals surface area contributed by atoms with Crippen LogP contribution < -0.4 is 9.47 Å². The van der Waals surface area contributed by atoms with Gasteiger partial charge in [-0.3, -0.25) is 4.79 Å². The molecule has 2 aromatic carbocycles. The Balaban J connectivity index is 2.02. The molecule has 1 unspecified atom stereocenters. The molecule has 0 aliphatic rings. The molecule has 0 aromatic heterocycles. The Morgan fingerprint density at radius 2 is 1.92 bits per heavy atom. The SMILES string of the molecule is COc1cc(C#N)ccc1OCC(=O)N(C)C(C)c1ccc(F)cc1. The van der Waals surface area contributed by atoms with Gasteiger partial charge in [-0.2, -0.15) is 5.26 Å². The minimum absolute atomic E-state index is 0.176. The van der Waals surface area contributed by atoms with Gasteiger partial charge in [-0.1, -0.05) is 12.1 Å². The zero-order valence-corrected chi connectivity index (χ0v) is 14.3. The highest BCUT2D eigenvalue weighted by atomic mass is 19.1. The van der Waals surface area contributed by atoms with Gasteiger partial charge in [-0.15, -0.1) is 0 Å². The quantitative estimate of drug-likeness (QED) is 0.808. The number of carbonyl (C=O) groups is 1. The number of hydrogen-bond donors (Lipinski definition) is 0. The first-order valence-corrected chi connectivity index (χ1v) is 7.68. The van der Waals surface area contributed by atoms with Crippen molar-refractivity contribution in [1.82, 2.24) is 4.90 Å². The molecule has 1 amide bonds. The first-order valence-electron chi connectivity index (χ1n) is 7.68. The highest BCUT2D eigenvalue weighted by Crippen LogP contribution is 2.28. The van der Waals surface area contributed by atoms with Crippen LogP contribution in [0.25, 0.3) is 0 Å². The molecule has 0 aliphatic carbocycles. The summed E-state index contributed by atoms with van der Waals surface area (Å²) < 4.78 is 23.7. The second kappa shape index (κ2) is 8.15. The summed E-state index contributed by atoms with van der Waals surface area (Å²) in [6, 6.07) is 12.5. The first kappa shape index (κ1) is 18.3. The number of ether oxygens (including phenoxy) is 2. The maximum absolute atomic E-state index is 13.0. The fourth-order valence-corrected chi connectivity index (χ4v) is 2.28. The Morgan fingerprint density at radius 3 is 2.52 bits per heavy atom. The lowest BCUT2D eigenvalue weighted by molar-refractivity contribution is -0.134. The molecule has 5 nitrogen and oxygen atoms in total. The van der Waals surface area contributed by atoms with Crippen molar-refractivity contribution in [2.75, 3.05) is 20.8 Å². The van der Waals surface area contributed by atoms with Crippen LogP contribution in [0.15, 0.2) is 42.5 Å². The molecular formula is C19H19FN2O3. The average molecular weight is 342 g/mol. The van der Waals surface area contributed by atoms with E-state index >= 15 is 0 Å². The average Bonchev–Trinajstić information content (AvgIpc) is 2.65. The van der Waals surface area contributed by atoms with Gasteiger partial charge in [0.25, 0.3) is 5.91 Å². The van der Waals surface area contributed by atoms with E-state index < -0.39 is 0 Å². The maximum atomic E-state index is 13.0. The van der Waals surface area contributed by atoms with Crippen molar-refractivity contribution in [3.05, 3.63) is 59.4 Å². The van der Waals surface area contributed by atoms with Crippen LogP contribution in [0.3, 0.4) is 0 Å². The number of methoxy groups -OCH3 is 1. The topological polar surface area (TPSA) is 62.6 Å². The van der Waals surface area contributed by atoms with Gasteiger partial charge in [0.2, 0.25) is 0 Å². The number of likely N-dealkylation sites (N-methyl/N-ethyl adjacent to an activating group) is 1.